The molecule has 0 heterocycles. The molecule has 0 saturated heterocycles. The summed E-state index contributed by atoms with van der Waals surface area (Å²) in [6.07, 6.45) is 0. The molecule has 0 rings (SSSR count). The Hall–Kier alpha value is -1.79. The molecule has 0 aliphatic carbocycles. The molecular formula is C10H19N3O4. The average Bonchev–Trinajstić information content (AvgIpc) is 2.14. The lowest BCUT2D eigenvalue weighted by atomic mass is 10.1. The van der Waals surface area contributed by atoms with Crippen molar-refractivity contribution in [2.45, 2.75) is 26.8 Å². The minimum atomic E-state index is -1.20. The van der Waals surface area contributed by atoms with Gasteiger partial charge >= 0.3 is 12.0 Å². The van der Waals surface area contributed by atoms with Gasteiger partial charge in [0.1, 0.15) is 13.1 Å². The highest BCUT2D eigenvalue weighted by Gasteiger charge is 2.20. The molecule has 7 nitrogen and oxygen atoms in total. The van der Waals surface area contributed by atoms with Crippen molar-refractivity contribution in [1.29, 1.82) is 0 Å². The van der Waals surface area contributed by atoms with Crippen LogP contribution in [0.1, 0.15) is 20.8 Å². The first kappa shape index (κ1) is 15.2. The molecule has 1 atom stereocenters. The molecule has 1 unspecified atom stereocenters. The lowest BCUT2D eigenvalue weighted by Gasteiger charge is -2.24. The molecule has 0 aromatic heterocycles. The van der Waals surface area contributed by atoms with Crippen LogP contribution >= 0.6 is 0 Å². The molecule has 0 radical (unpaired) electrons. The second-order valence-corrected chi connectivity index (χ2v) is 4.20. The molecule has 0 aromatic rings. The topological polar surface area (TPSA) is 113 Å². The van der Waals surface area contributed by atoms with Crippen LogP contribution in [-0.2, 0) is 9.59 Å². The van der Waals surface area contributed by atoms with Crippen molar-refractivity contribution in [2.24, 2.45) is 11.7 Å². The minimum Gasteiger partial charge on any atom is -0.480 e. The Morgan fingerprint density at radius 1 is 1.24 bits per heavy atom. The van der Waals surface area contributed by atoms with Crippen LogP contribution in [0.25, 0.3) is 0 Å². The maximum absolute atomic E-state index is 11.7. The Labute approximate surface area is 100.0 Å². The zero-order valence-corrected chi connectivity index (χ0v) is 10.3. The first-order valence-corrected chi connectivity index (χ1v) is 5.29. The summed E-state index contributed by atoms with van der Waals surface area (Å²) in [7, 11) is 0. The van der Waals surface area contributed by atoms with Crippen molar-refractivity contribution in [3.05, 3.63) is 0 Å². The number of primary amides is 1. The lowest BCUT2D eigenvalue weighted by molar-refractivity contribution is -0.137. The van der Waals surface area contributed by atoms with Gasteiger partial charge in [-0.2, -0.15) is 0 Å². The number of carboxylic acid groups (broad SMARTS) is 1. The number of hydrogen-bond acceptors (Lipinski definition) is 3. The molecule has 0 saturated carbocycles. The third kappa shape index (κ3) is 6.39. The number of nitrogens with two attached hydrogens (primary N) is 1. The highest BCUT2D eigenvalue weighted by molar-refractivity contribution is 5.86. The van der Waals surface area contributed by atoms with Gasteiger partial charge in [0.05, 0.1) is 0 Å². The van der Waals surface area contributed by atoms with Crippen molar-refractivity contribution in [3.63, 3.8) is 0 Å². The van der Waals surface area contributed by atoms with Gasteiger partial charge in [0.2, 0.25) is 5.91 Å². The molecule has 0 spiro atoms. The second kappa shape index (κ2) is 6.72. The summed E-state index contributed by atoms with van der Waals surface area (Å²) < 4.78 is 0. The zero-order valence-electron chi connectivity index (χ0n) is 10.3. The van der Waals surface area contributed by atoms with E-state index < -0.39 is 31.0 Å². The van der Waals surface area contributed by atoms with Crippen molar-refractivity contribution in [1.82, 2.24) is 10.2 Å². The molecule has 0 aliphatic rings. The van der Waals surface area contributed by atoms with E-state index in [1.807, 2.05) is 13.8 Å². The van der Waals surface area contributed by atoms with Gasteiger partial charge in [0.15, 0.2) is 0 Å². The summed E-state index contributed by atoms with van der Waals surface area (Å²) in [6.45, 7) is 4.66. The average molecular weight is 245 g/mol. The van der Waals surface area contributed by atoms with E-state index in [1.165, 1.54) is 0 Å². The van der Waals surface area contributed by atoms with E-state index in [1.54, 1.807) is 6.92 Å². The normalized spacial score (nSPS) is 12.0. The van der Waals surface area contributed by atoms with Gasteiger partial charge < -0.3 is 21.1 Å². The predicted molar refractivity (Wildman–Crippen MR) is 61.2 cm³/mol. The number of hydrogen-bond donors (Lipinski definition) is 3. The number of carboxylic acids is 1. The Morgan fingerprint density at radius 2 is 1.76 bits per heavy atom. The molecule has 0 aliphatic heterocycles. The summed E-state index contributed by atoms with van der Waals surface area (Å²) in [5, 5.41) is 11.2. The van der Waals surface area contributed by atoms with Gasteiger partial charge in [-0.3, -0.25) is 9.59 Å². The van der Waals surface area contributed by atoms with E-state index in [4.69, 9.17) is 10.8 Å². The van der Waals surface area contributed by atoms with E-state index in [9.17, 15) is 14.4 Å². The van der Waals surface area contributed by atoms with Gasteiger partial charge in [0, 0.05) is 6.04 Å². The standard InChI is InChI=1S/C10H19N3O4/c1-6(2)7(3)12-10(17)13(4-8(11)14)5-9(15)16/h6-7H,4-5H2,1-3H3,(H2,11,14)(H,12,17)(H,15,16). The van der Waals surface area contributed by atoms with E-state index in [2.05, 4.69) is 5.32 Å². The highest BCUT2D eigenvalue weighted by atomic mass is 16.4. The fourth-order valence-corrected chi connectivity index (χ4v) is 1.00. The van der Waals surface area contributed by atoms with E-state index in [0.717, 1.165) is 4.90 Å². The number of urea groups is 1. The van der Waals surface area contributed by atoms with Crippen LogP contribution in [0.4, 0.5) is 4.79 Å². The number of nitrogens with one attached hydrogen (secondary N) is 1. The number of carbonyl (C=O) groups excluding carboxylic acids is 2. The van der Waals surface area contributed by atoms with Crippen LogP contribution in [0, 0.1) is 5.92 Å². The maximum atomic E-state index is 11.7. The van der Waals surface area contributed by atoms with E-state index >= 15 is 0 Å². The van der Waals surface area contributed by atoms with Gasteiger partial charge in [-0.1, -0.05) is 13.8 Å². The van der Waals surface area contributed by atoms with Crippen LogP contribution in [0.2, 0.25) is 0 Å². The zero-order chi connectivity index (χ0) is 13.6. The van der Waals surface area contributed by atoms with Crippen LogP contribution in [0.3, 0.4) is 0 Å². The Bertz CT molecular complexity index is 288. The van der Waals surface area contributed by atoms with Crippen molar-refractivity contribution >= 4 is 17.9 Å². The van der Waals surface area contributed by atoms with E-state index in [-0.39, 0.29) is 12.0 Å². The Morgan fingerprint density at radius 3 is 2.12 bits per heavy atom. The first-order chi connectivity index (χ1) is 7.73. The van der Waals surface area contributed by atoms with Gasteiger partial charge in [-0.25, -0.2) is 4.79 Å². The van der Waals surface area contributed by atoms with Crippen molar-refractivity contribution in [2.75, 3.05) is 13.1 Å². The number of carbonyl (C=O) groups is 3. The molecule has 0 fully saturated rings. The van der Waals surface area contributed by atoms with Crippen molar-refractivity contribution < 1.29 is 19.5 Å². The lowest BCUT2D eigenvalue weighted by Crippen LogP contribution is -2.49. The summed E-state index contributed by atoms with van der Waals surface area (Å²) in [5.74, 6) is -1.74. The van der Waals surface area contributed by atoms with Crippen LogP contribution in [-0.4, -0.2) is 47.0 Å². The van der Waals surface area contributed by atoms with Crippen LogP contribution < -0.4 is 11.1 Å². The predicted octanol–water partition coefficient (Wildman–Crippen LogP) is -0.388. The SMILES string of the molecule is CC(C)C(C)NC(=O)N(CC(N)=O)CC(=O)O. The molecule has 4 N–H and O–H groups in total. The number of aliphatic carboxylic acids is 1. The number of rotatable bonds is 6. The first-order valence-electron chi connectivity index (χ1n) is 5.29. The molecule has 3 amide bonds. The molecule has 17 heavy (non-hydrogen) atoms. The quantitative estimate of drug-likeness (QED) is 0.591. The molecule has 98 valence electrons. The second-order valence-electron chi connectivity index (χ2n) is 4.20. The fourth-order valence-electron chi connectivity index (χ4n) is 1.00. The Kier molecular flexibility index (Phi) is 6.01. The van der Waals surface area contributed by atoms with E-state index in [0.29, 0.717) is 0 Å². The van der Waals surface area contributed by atoms with Crippen LogP contribution in [0.5, 0.6) is 0 Å². The molecule has 0 bridgehead atoms. The van der Waals surface area contributed by atoms with Gasteiger partial charge in [0.25, 0.3) is 0 Å². The highest BCUT2D eigenvalue weighted by Crippen LogP contribution is 2.01. The van der Waals surface area contributed by atoms with Gasteiger partial charge in [-0.05, 0) is 12.8 Å². The summed E-state index contributed by atoms with van der Waals surface area (Å²) in [6, 6.07) is -0.723. The fraction of sp³-hybridized carbons (Fsp3) is 0.700. The Balaban J connectivity index is 4.51. The minimum absolute atomic E-state index is 0.119. The van der Waals surface area contributed by atoms with Gasteiger partial charge in [-0.15, -0.1) is 0 Å². The largest absolute Gasteiger partial charge is 0.480 e. The number of nitrogens with zero attached hydrogens (tertiary/aromatic N) is 1. The smallest absolute Gasteiger partial charge is 0.323 e. The third-order valence-corrected chi connectivity index (χ3v) is 2.31. The third-order valence-electron chi connectivity index (χ3n) is 2.31. The molecular weight excluding hydrogens is 226 g/mol. The molecule has 7 heteroatoms. The maximum Gasteiger partial charge on any atom is 0.323 e. The van der Waals surface area contributed by atoms with Crippen molar-refractivity contribution in [3.8, 4) is 0 Å². The monoisotopic (exact) mass is 245 g/mol. The molecule has 0 aromatic carbocycles. The summed E-state index contributed by atoms with van der Waals surface area (Å²) in [4.78, 5) is 33.8. The number of amides is 3. The summed E-state index contributed by atoms with van der Waals surface area (Å²) in [5.41, 5.74) is 4.94. The van der Waals surface area contributed by atoms with Crippen LogP contribution in [0.15, 0.2) is 0 Å². The summed E-state index contributed by atoms with van der Waals surface area (Å²) >= 11 is 0.